The summed E-state index contributed by atoms with van der Waals surface area (Å²) in [6.45, 7) is 3.34. The van der Waals surface area contributed by atoms with Gasteiger partial charge in [-0.25, -0.2) is 0 Å². The van der Waals surface area contributed by atoms with E-state index in [1.165, 1.54) is 0 Å². The van der Waals surface area contributed by atoms with Crippen LogP contribution in [0.4, 0.5) is 0 Å². The van der Waals surface area contributed by atoms with Gasteiger partial charge >= 0.3 is 5.97 Å². The Morgan fingerprint density at radius 2 is 1.95 bits per heavy atom. The van der Waals surface area contributed by atoms with E-state index in [0.717, 1.165) is 6.42 Å². The number of rotatable bonds is 9. The fraction of sp³-hybridized carbons (Fsp3) is 0.929. The van der Waals surface area contributed by atoms with E-state index in [1.54, 1.807) is 0 Å². The van der Waals surface area contributed by atoms with Crippen LogP contribution < -0.4 is 0 Å². The first kappa shape index (κ1) is 19.3. The van der Waals surface area contributed by atoms with Gasteiger partial charge in [0.2, 0.25) is 0 Å². The molecule has 130 valence electrons. The molecule has 7 atom stereocenters. The maximum absolute atomic E-state index is 10.6. The molecule has 0 amide bonds. The molecule has 0 aliphatic carbocycles. The number of carboxylic acid groups (broad SMARTS) is 1. The molecule has 1 saturated heterocycles. The Labute approximate surface area is 129 Å². The minimum atomic E-state index is -1.31. The van der Waals surface area contributed by atoms with Gasteiger partial charge in [-0.15, -0.1) is 0 Å². The first-order chi connectivity index (χ1) is 10.3. The lowest BCUT2D eigenvalue weighted by molar-refractivity contribution is -0.208. The fourth-order valence-corrected chi connectivity index (χ4v) is 2.39. The zero-order chi connectivity index (χ0) is 16.9. The maximum atomic E-state index is 10.6. The van der Waals surface area contributed by atoms with Gasteiger partial charge in [0.15, 0.2) is 6.29 Å². The molecule has 0 unspecified atom stereocenters. The lowest BCUT2D eigenvalue weighted by atomic mass is 9.95. The molecule has 1 aliphatic heterocycles. The molecule has 0 aromatic carbocycles. The standard InChI is InChI=1S/C14H26O8/c1-3-7(2)9(4-8(16)5-11(17)18)21-14-13(20)12(19)10(6-15)22-14/h7-10,12-16,19-20H,3-6H2,1-2H3,(H,17,18)/t7-,8-,9+,10+,12+,13-,14-/m1/s1. The third-order valence-electron chi connectivity index (χ3n) is 4.00. The van der Waals surface area contributed by atoms with E-state index >= 15 is 0 Å². The van der Waals surface area contributed by atoms with Crippen LogP contribution in [0, 0.1) is 5.92 Å². The maximum Gasteiger partial charge on any atom is 0.305 e. The Hall–Kier alpha value is -0.770. The van der Waals surface area contributed by atoms with Crippen molar-refractivity contribution in [3.05, 3.63) is 0 Å². The number of ether oxygens (including phenoxy) is 2. The highest BCUT2D eigenvalue weighted by atomic mass is 16.7. The van der Waals surface area contributed by atoms with Gasteiger partial charge in [-0.3, -0.25) is 4.79 Å². The van der Waals surface area contributed by atoms with Crippen molar-refractivity contribution in [2.75, 3.05) is 6.61 Å². The molecule has 1 aliphatic rings. The summed E-state index contributed by atoms with van der Waals surface area (Å²) in [4.78, 5) is 10.6. The molecule has 0 radical (unpaired) electrons. The van der Waals surface area contributed by atoms with Crippen molar-refractivity contribution in [2.24, 2.45) is 5.92 Å². The van der Waals surface area contributed by atoms with Crippen LogP contribution in [-0.4, -0.2) is 74.9 Å². The van der Waals surface area contributed by atoms with E-state index in [1.807, 2.05) is 13.8 Å². The largest absolute Gasteiger partial charge is 0.481 e. The molecule has 0 aromatic heterocycles. The number of aliphatic hydroxyl groups is 4. The minimum Gasteiger partial charge on any atom is -0.481 e. The average molecular weight is 322 g/mol. The Morgan fingerprint density at radius 3 is 2.41 bits per heavy atom. The number of aliphatic hydroxyl groups excluding tert-OH is 4. The van der Waals surface area contributed by atoms with Crippen LogP contribution in [0.15, 0.2) is 0 Å². The third-order valence-corrected chi connectivity index (χ3v) is 4.00. The molecule has 8 nitrogen and oxygen atoms in total. The lowest BCUT2D eigenvalue weighted by Crippen LogP contribution is -2.38. The Morgan fingerprint density at radius 1 is 1.32 bits per heavy atom. The summed E-state index contributed by atoms with van der Waals surface area (Å²) in [6, 6.07) is 0. The summed E-state index contributed by atoms with van der Waals surface area (Å²) in [5.41, 5.74) is 0. The fourth-order valence-electron chi connectivity index (χ4n) is 2.39. The monoisotopic (exact) mass is 322 g/mol. The van der Waals surface area contributed by atoms with Crippen molar-refractivity contribution < 1.29 is 39.8 Å². The molecule has 1 fully saturated rings. The summed E-state index contributed by atoms with van der Waals surface area (Å²) >= 11 is 0. The summed E-state index contributed by atoms with van der Waals surface area (Å²) in [6.07, 6.45) is -5.82. The molecule has 22 heavy (non-hydrogen) atoms. The minimum absolute atomic E-state index is 0.00966. The predicted molar refractivity (Wildman–Crippen MR) is 75.0 cm³/mol. The first-order valence-corrected chi connectivity index (χ1v) is 7.47. The zero-order valence-electron chi connectivity index (χ0n) is 12.8. The van der Waals surface area contributed by atoms with Gasteiger partial charge < -0.3 is 35.0 Å². The van der Waals surface area contributed by atoms with Gasteiger partial charge in [0, 0.05) is 6.42 Å². The topological polar surface area (TPSA) is 137 Å². The van der Waals surface area contributed by atoms with Crippen LogP contribution in [-0.2, 0) is 14.3 Å². The van der Waals surface area contributed by atoms with Crippen molar-refractivity contribution in [3.63, 3.8) is 0 Å². The molecule has 0 spiro atoms. The van der Waals surface area contributed by atoms with E-state index < -0.39 is 55.8 Å². The second-order valence-electron chi connectivity index (χ2n) is 5.75. The molecule has 5 N–H and O–H groups in total. The van der Waals surface area contributed by atoms with Crippen molar-refractivity contribution in [1.82, 2.24) is 0 Å². The lowest BCUT2D eigenvalue weighted by Gasteiger charge is -2.29. The van der Waals surface area contributed by atoms with Gasteiger partial charge in [0.05, 0.1) is 25.2 Å². The Kier molecular flexibility index (Phi) is 7.67. The van der Waals surface area contributed by atoms with Gasteiger partial charge in [0.1, 0.15) is 18.3 Å². The number of aliphatic carboxylic acids is 1. The summed E-state index contributed by atoms with van der Waals surface area (Å²) in [5, 5.41) is 47.1. The predicted octanol–water partition coefficient (Wildman–Crippen LogP) is -0.918. The van der Waals surface area contributed by atoms with Crippen LogP contribution in [0.25, 0.3) is 0 Å². The number of carboxylic acids is 1. The Balaban J connectivity index is 2.67. The molecule has 1 rings (SSSR count). The van der Waals surface area contributed by atoms with Gasteiger partial charge in [-0.2, -0.15) is 0 Å². The highest BCUT2D eigenvalue weighted by Crippen LogP contribution is 2.27. The van der Waals surface area contributed by atoms with Crippen LogP contribution in [0.1, 0.15) is 33.1 Å². The highest BCUT2D eigenvalue weighted by Gasteiger charge is 2.44. The molecule has 0 aromatic rings. The Bertz CT molecular complexity index is 350. The summed E-state index contributed by atoms with van der Waals surface area (Å²) < 4.78 is 10.9. The highest BCUT2D eigenvalue weighted by molar-refractivity contribution is 5.67. The number of hydrogen-bond acceptors (Lipinski definition) is 7. The quantitative estimate of drug-likeness (QED) is 0.368. The van der Waals surface area contributed by atoms with Crippen LogP contribution >= 0.6 is 0 Å². The third kappa shape index (κ3) is 5.15. The zero-order valence-corrected chi connectivity index (χ0v) is 12.8. The SMILES string of the molecule is CC[C@@H](C)[C@H](C[C@@H](O)CC(=O)O)O[C@@H]1O[C@@H](CO)[C@H](O)[C@H]1O. The molecule has 0 saturated carbocycles. The molecule has 8 heteroatoms. The van der Waals surface area contributed by atoms with Crippen molar-refractivity contribution in [1.29, 1.82) is 0 Å². The summed E-state index contributed by atoms with van der Waals surface area (Å²) in [5.74, 6) is -1.12. The van der Waals surface area contributed by atoms with E-state index in [0.29, 0.717) is 0 Å². The van der Waals surface area contributed by atoms with Crippen LogP contribution in [0.3, 0.4) is 0 Å². The average Bonchev–Trinajstić information content (AvgIpc) is 2.72. The smallest absolute Gasteiger partial charge is 0.305 e. The van der Waals surface area contributed by atoms with Gasteiger partial charge in [0.25, 0.3) is 0 Å². The number of carbonyl (C=O) groups is 1. The normalized spacial score (nSPS) is 32.6. The second kappa shape index (κ2) is 8.76. The van der Waals surface area contributed by atoms with Crippen molar-refractivity contribution in [3.8, 4) is 0 Å². The molecular weight excluding hydrogens is 296 g/mol. The molecular formula is C14H26O8. The van der Waals surface area contributed by atoms with Crippen molar-refractivity contribution in [2.45, 2.75) is 69.9 Å². The summed E-state index contributed by atoms with van der Waals surface area (Å²) in [7, 11) is 0. The van der Waals surface area contributed by atoms with Crippen molar-refractivity contribution >= 4 is 5.97 Å². The molecule has 0 bridgehead atoms. The van der Waals surface area contributed by atoms with E-state index in [-0.39, 0.29) is 12.3 Å². The molecule has 1 heterocycles. The van der Waals surface area contributed by atoms with E-state index in [2.05, 4.69) is 0 Å². The van der Waals surface area contributed by atoms with E-state index in [9.17, 15) is 20.1 Å². The van der Waals surface area contributed by atoms with Crippen LogP contribution in [0.2, 0.25) is 0 Å². The van der Waals surface area contributed by atoms with E-state index in [4.69, 9.17) is 19.7 Å². The van der Waals surface area contributed by atoms with Crippen LogP contribution in [0.5, 0.6) is 0 Å². The number of hydrogen-bond donors (Lipinski definition) is 5. The second-order valence-corrected chi connectivity index (χ2v) is 5.75. The van der Waals surface area contributed by atoms with Gasteiger partial charge in [-0.1, -0.05) is 20.3 Å². The van der Waals surface area contributed by atoms with Gasteiger partial charge in [-0.05, 0) is 5.92 Å². The first-order valence-electron chi connectivity index (χ1n) is 7.47.